The summed E-state index contributed by atoms with van der Waals surface area (Å²) in [7, 11) is 0. The second-order valence-electron chi connectivity index (χ2n) is 5.06. The van der Waals surface area contributed by atoms with Crippen molar-refractivity contribution >= 4 is 5.78 Å². The van der Waals surface area contributed by atoms with Crippen LogP contribution in [0.15, 0.2) is 23.3 Å². The standard InChI is InChI=1S/C14H22O/c1-9(2)14(12(5)15)13-8-10(3)6-7-11(13)4/h6,8-9,11,14H,7H2,1-5H3. The van der Waals surface area contributed by atoms with Gasteiger partial charge in [0.05, 0.1) is 0 Å². The molecule has 15 heavy (non-hydrogen) atoms. The largest absolute Gasteiger partial charge is 0.299 e. The number of ketones is 1. The van der Waals surface area contributed by atoms with Gasteiger partial charge < -0.3 is 0 Å². The van der Waals surface area contributed by atoms with Crippen LogP contribution in [0, 0.1) is 17.8 Å². The van der Waals surface area contributed by atoms with Crippen LogP contribution in [0.3, 0.4) is 0 Å². The molecule has 1 aliphatic rings. The Morgan fingerprint density at radius 2 is 2.07 bits per heavy atom. The highest BCUT2D eigenvalue weighted by atomic mass is 16.1. The van der Waals surface area contributed by atoms with Crippen molar-refractivity contribution in [3.05, 3.63) is 23.3 Å². The summed E-state index contributed by atoms with van der Waals surface area (Å²) < 4.78 is 0. The molecule has 0 fully saturated rings. The van der Waals surface area contributed by atoms with Gasteiger partial charge in [-0.3, -0.25) is 4.79 Å². The topological polar surface area (TPSA) is 17.1 Å². The Hall–Kier alpha value is -0.850. The van der Waals surface area contributed by atoms with E-state index in [1.54, 1.807) is 6.92 Å². The molecule has 0 aliphatic heterocycles. The van der Waals surface area contributed by atoms with E-state index in [9.17, 15) is 4.79 Å². The minimum atomic E-state index is 0.114. The molecular weight excluding hydrogens is 184 g/mol. The highest BCUT2D eigenvalue weighted by molar-refractivity contribution is 5.81. The minimum absolute atomic E-state index is 0.114. The quantitative estimate of drug-likeness (QED) is 0.687. The van der Waals surface area contributed by atoms with Crippen LogP contribution in [0.1, 0.15) is 41.0 Å². The summed E-state index contributed by atoms with van der Waals surface area (Å²) >= 11 is 0. The lowest BCUT2D eigenvalue weighted by Gasteiger charge is -2.28. The molecule has 84 valence electrons. The van der Waals surface area contributed by atoms with Crippen molar-refractivity contribution in [1.82, 2.24) is 0 Å². The highest BCUT2D eigenvalue weighted by Crippen LogP contribution is 2.33. The summed E-state index contributed by atoms with van der Waals surface area (Å²) in [4.78, 5) is 11.7. The third kappa shape index (κ3) is 2.80. The van der Waals surface area contributed by atoms with Gasteiger partial charge in [-0.15, -0.1) is 0 Å². The van der Waals surface area contributed by atoms with E-state index in [1.807, 2.05) is 0 Å². The predicted molar refractivity (Wildman–Crippen MR) is 64.6 cm³/mol. The maximum absolute atomic E-state index is 11.7. The lowest BCUT2D eigenvalue weighted by atomic mass is 9.76. The van der Waals surface area contributed by atoms with Crippen molar-refractivity contribution in [2.45, 2.75) is 41.0 Å². The fourth-order valence-corrected chi connectivity index (χ4v) is 2.45. The average Bonchev–Trinajstić information content (AvgIpc) is 2.10. The zero-order chi connectivity index (χ0) is 11.6. The zero-order valence-electron chi connectivity index (χ0n) is 10.5. The van der Waals surface area contributed by atoms with Crippen molar-refractivity contribution in [3.8, 4) is 0 Å². The number of allylic oxidation sites excluding steroid dienone is 4. The van der Waals surface area contributed by atoms with Gasteiger partial charge in [-0.25, -0.2) is 0 Å². The highest BCUT2D eigenvalue weighted by Gasteiger charge is 2.27. The Morgan fingerprint density at radius 1 is 1.47 bits per heavy atom. The lowest BCUT2D eigenvalue weighted by molar-refractivity contribution is -0.120. The lowest BCUT2D eigenvalue weighted by Crippen LogP contribution is -2.24. The molecule has 1 nitrogen and oxygen atoms in total. The van der Waals surface area contributed by atoms with Crippen LogP contribution >= 0.6 is 0 Å². The van der Waals surface area contributed by atoms with Crippen molar-refractivity contribution in [2.24, 2.45) is 17.8 Å². The maximum atomic E-state index is 11.7. The van der Waals surface area contributed by atoms with Gasteiger partial charge >= 0.3 is 0 Å². The van der Waals surface area contributed by atoms with Gasteiger partial charge in [-0.1, -0.05) is 44.1 Å². The van der Waals surface area contributed by atoms with Crippen LogP contribution in [-0.2, 0) is 4.79 Å². The van der Waals surface area contributed by atoms with E-state index in [0.717, 1.165) is 6.42 Å². The first-order valence-corrected chi connectivity index (χ1v) is 5.82. The molecular formula is C14H22O. The molecule has 2 atom stereocenters. The van der Waals surface area contributed by atoms with Crippen molar-refractivity contribution in [3.63, 3.8) is 0 Å². The first-order chi connectivity index (χ1) is 6.93. The predicted octanol–water partition coefficient (Wildman–Crippen LogP) is 3.76. The van der Waals surface area contributed by atoms with Gasteiger partial charge in [-0.05, 0) is 32.1 Å². The second kappa shape index (κ2) is 4.78. The Bertz CT molecular complexity index is 307. The van der Waals surface area contributed by atoms with Crippen LogP contribution in [0.5, 0.6) is 0 Å². The third-order valence-corrected chi connectivity index (χ3v) is 3.22. The normalized spacial score (nSPS) is 23.5. The van der Waals surface area contributed by atoms with E-state index in [2.05, 4.69) is 39.8 Å². The van der Waals surface area contributed by atoms with Gasteiger partial charge in [0.2, 0.25) is 0 Å². The number of Topliss-reactive ketones (excluding diaryl/α,β-unsaturated/α-hetero) is 1. The summed E-state index contributed by atoms with van der Waals surface area (Å²) in [6.45, 7) is 10.3. The molecule has 0 aromatic rings. The summed E-state index contributed by atoms with van der Waals surface area (Å²) in [6.07, 6.45) is 5.54. The molecule has 1 heteroatoms. The number of hydrogen-bond acceptors (Lipinski definition) is 1. The monoisotopic (exact) mass is 206 g/mol. The molecule has 0 N–H and O–H groups in total. The third-order valence-electron chi connectivity index (χ3n) is 3.22. The number of carbonyl (C=O) groups excluding carboxylic acids is 1. The maximum Gasteiger partial charge on any atom is 0.137 e. The Kier molecular flexibility index (Phi) is 3.90. The van der Waals surface area contributed by atoms with Crippen LogP contribution in [0.2, 0.25) is 0 Å². The first-order valence-electron chi connectivity index (χ1n) is 5.82. The minimum Gasteiger partial charge on any atom is -0.299 e. The van der Waals surface area contributed by atoms with Crippen molar-refractivity contribution in [2.75, 3.05) is 0 Å². The zero-order valence-corrected chi connectivity index (χ0v) is 10.5. The fourth-order valence-electron chi connectivity index (χ4n) is 2.45. The molecule has 1 rings (SSSR count). The van der Waals surface area contributed by atoms with E-state index >= 15 is 0 Å². The van der Waals surface area contributed by atoms with Crippen molar-refractivity contribution in [1.29, 1.82) is 0 Å². The Balaban J connectivity index is 3.01. The van der Waals surface area contributed by atoms with Gasteiger partial charge in [-0.2, -0.15) is 0 Å². The average molecular weight is 206 g/mol. The van der Waals surface area contributed by atoms with E-state index in [0.29, 0.717) is 17.6 Å². The fraction of sp³-hybridized carbons (Fsp3) is 0.643. The summed E-state index contributed by atoms with van der Waals surface area (Å²) in [5, 5.41) is 0. The van der Waals surface area contributed by atoms with Crippen LogP contribution in [0.25, 0.3) is 0 Å². The summed E-state index contributed by atoms with van der Waals surface area (Å²) in [5.74, 6) is 1.34. The molecule has 0 spiro atoms. The molecule has 0 amide bonds. The Morgan fingerprint density at radius 3 is 2.53 bits per heavy atom. The Labute approximate surface area is 93.3 Å². The molecule has 0 aromatic heterocycles. The molecule has 0 heterocycles. The van der Waals surface area contributed by atoms with Gasteiger partial charge in [0.15, 0.2) is 0 Å². The first kappa shape index (κ1) is 12.2. The molecule has 0 saturated carbocycles. The summed E-state index contributed by atoms with van der Waals surface area (Å²) in [6, 6.07) is 0. The molecule has 0 radical (unpaired) electrons. The number of hydrogen-bond donors (Lipinski definition) is 0. The summed E-state index contributed by atoms with van der Waals surface area (Å²) in [5.41, 5.74) is 2.63. The van der Waals surface area contributed by atoms with Crippen LogP contribution in [0.4, 0.5) is 0 Å². The molecule has 0 aromatic carbocycles. The molecule has 0 saturated heterocycles. The number of carbonyl (C=O) groups is 1. The SMILES string of the molecule is CC(=O)C(C1=CC(C)=CCC1C)C(C)C. The van der Waals surface area contributed by atoms with Gasteiger partial charge in [0, 0.05) is 5.92 Å². The van der Waals surface area contributed by atoms with Crippen LogP contribution in [-0.4, -0.2) is 5.78 Å². The van der Waals surface area contributed by atoms with E-state index in [-0.39, 0.29) is 5.92 Å². The van der Waals surface area contributed by atoms with E-state index in [4.69, 9.17) is 0 Å². The van der Waals surface area contributed by atoms with Crippen molar-refractivity contribution < 1.29 is 4.79 Å². The van der Waals surface area contributed by atoms with Gasteiger partial charge in [0.25, 0.3) is 0 Å². The van der Waals surface area contributed by atoms with E-state index in [1.165, 1.54) is 11.1 Å². The van der Waals surface area contributed by atoms with Crippen LogP contribution < -0.4 is 0 Å². The second-order valence-corrected chi connectivity index (χ2v) is 5.06. The number of rotatable bonds is 3. The molecule has 0 bridgehead atoms. The molecule has 1 aliphatic carbocycles. The van der Waals surface area contributed by atoms with Gasteiger partial charge in [0.1, 0.15) is 5.78 Å². The molecule has 2 unspecified atom stereocenters. The van der Waals surface area contributed by atoms with E-state index < -0.39 is 0 Å². The smallest absolute Gasteiger partial charge is 0.137 e.